The molecule has 1 aromatic carbocycles. The first-order valence-corrected chi connectivity index (χ1v) is 4.78. The van der Waals surface area contributed by atoms with Gasteiger partial charge in [-0.05, 0) is 25.1 Å². The predicted molar refractivity (Wildman–Crippen MR) is 63.9 cm³/mol. The third-order valence-electron chi connectivity index (χ3n) is 1.88. The number of carbonyl (C=O) groups excluding carboxylic acids is 1. The van der Waals surface area contributed by atoms with Gasteiger partial charge in [0, 0.05) is 6.08 Å². The van der Waals surface area contributed by atoms with Crippen LogP contribution in [-0.2, 0) is 4.79 Å². The molecular formula is C13H13NO2. The lowest BCUT2D eigenvalue weighted by Gasteiger charge is -2.05. The van der Waals surface area contributed by atoms with Gasteiger partial charge in [-0.3, -0.25) is 10.2 Å². The van der Waals surface area contributed by atoms with E-state index < -0.39 is 0 Å². The molecule has 0 heterocycles. The van der Waals surface area contributed by atoms with E-state index in [9.17, 15) is 4.79 Å². The molecule has 82 valence electrons. The maximum atomic E-state index is 10.3. The lowest BCUT2D eigenvalue weighted by atomic mass is 10.2. The molecule has 0 saturated carbocycles. The van der Waals surface area contributed by atoms with Gasteiger partial charge in [0.2, 0.25) is 0 Å². The molecule has 1 rings (SSSR count). The molecule has 0 aliphatic rings. The molecule has 1 N–H and O–H groups in total. The summed E-state index contributed by atoms with van der Waals surface area (Å²) in [6, 6.07) is 7.47. The van der Waals surface area contributed by atoms with Gasteiger partial charge in [0.15, 0.2) is 6.29 Å². The minimum Gasteiger partial charge on any atom is -0.457 e. The Balaban J connectivity index is 2.81. The topological polar surface area (TPSA) is 50.2 Å². The second kappa shape index (κ2) is 5.66. The molecule has 1 aromatic rings. The van der Waals surface area contributed by atoms with Gasteiger partial charge >= 0.3 is 0 Å². The molecule has 0 saturated heterocycles. The molecule has 0 spiro atoms. The summed E-state index contributed by atoms with van der Waals surface area (Å²) in [5.41, 5.74) is 0.985. The maximum absolute atomic E-state index is 10.3. The first-order chi connectivity index (χ1) is 7.65. The number of allylic oxidation sites excluding steroid dienone is 2. The monoisotopic (exact) mass is 215 g/mol. The van der Waals surface area contributed by atoms with E-state index in [0.29, 0.717) is 17.8 Å². The van der Waals surface area contributed by atoms with Crippen molar-refractivity contribution in [1.29, 1.82) is 5.41 Å². The number of nitrogens with one attached hydrogen (secondary N) is 1. The molecule has 0 unspecified atom stereocenters. The number of aldehydes is 1. The fourth-order valence-corrected chi connectivity index (χ4v) is 1.06. The van der Waals surface area contributed by atoms with Gasteiger partial charge < -0.3 is 4.74 Å². The van der Waals surface area contributed by atoms with Crippen molar-refractivity contribution in [3.8, 4) is 5.75 Å². The Bertz CT molecular complexity index is 430. The van der Waals surface area contributed by atoms with Crippen molar-refractivity contribution in [2.24, 2.45) is 0 Å². The SMILES string of the molecule is C=C/C(=C\C(=N)C=O)Oc1ccc(C)cc1. The zero-order valence-electron chi connectivity index (χ0n) is 9.07. The average molecular weight is 215 g/mol. The van der Waals surface area contributed by atoms with E-state index in [0.717, 1.165) is 5.56 Å². The van der Waals surface area contributed by atoms with E-state index in [1.54, 1.807) is 0 Å². The van der Waals surface area contributed by atoms with Crippen LogP contribution in [0, 0.1) is 12.3 Å². The minimum atomic E-state index is -0.151. The van der Waals surface area contributed by atoms with Crippen molar-refractivity contribution in [1.82, 2.24) is 0 Å². The maximum Gasteiger partial charge on any atom is 0.167 e. The summed E-state index contributed by atoms with van der Waals surface area (Å²) in [7, 11) is 0. The van der Waals surface area contributed by atoms with Crippen molar-refractivity contribution >= 4 is 12.0 Å². The van der Waals surface area contributed by atoms with Crippen LogP contribution in [0.25, 0.3) is 0 Å². The third kappa shape index (κ3) is 3.53. The number of hydrogen-bond acceptors (Lipinski definition) is 3. The van der Waals surface area contributed by atoms with Gasteiger partial charge in [0.1, 0.15) is 11.5 Å². The fraction of sp³-hybridized carbons (Fsp3) is 0.0769. The van der Waals surface area contributed by atoms with Crippen LogP contribution in [0.1, 0.15) is 5.56 Å². The molecule has 0 bridgehead atoms. The van der Waals surface area contributed by atoms with Crippen molar-refractivity contribution in [3.05, 3.63) is 54.3 Å². The summed E-state index contributed by atoms with van der Waals surface area (Å²) in [5, 5.41) is 7.20. The van der Waals surface area contributed by atoms with E-state index in [4.69, 9.17) is 10.1 Å². The van der Waals surface area contributed by atoms with E-state index in [-0.39, 0.29) is 5.71 Å². The highest BCUT2D eigenvalue weighted by Crippen LogP contribution is 2.15. The first kappa shape index (κ1) is 11.9. The molecule has 0 radical (unpaired) electrons. The van der Waals surface area contributed by atoms with Gasteiger partial charge in [-0.15, -0.1) is 0 Å². The Morgan fingerprint density at radius 2 is 2.00 bits per heavy atom. The Morgan fingerprint density at radius 1 is 1.38 bits per heavy atom. The van der Waals surface area contributed by atoms with Gasteiger partial charge in [0.05, 0.1) is 5.71 Å². The van der Waals surface area contributed by atoms with Gasteiger partial charge in [0.25, 0.3) is 0 Å². The highest BCUT2D eigenvalue weighted by Gasteiger charge is 1.98. The number of carbonyl (C=O) groups is 1. The van der Waals surface area contributed by atoms with Crippen LogP contribution in [-0.4, -0.2) is 12.0 Å². The molecule has 0 amide bonds. The van der Waals surface area contributed by atoms with E-state index in [2.05, 4.69) is 6.58 Å². The largest absolute Gasteiger partial charge is 0.457 e. The third-order valence-corrected chi connectivity index (χ3v) is 1.88. The lowest BCUT2D eigenvalue weighted by Crippen LogP contribution is -1.98. The molecule has 0 aliphatic carbocycles. The standard InChI is InChI=1S/C13H13NO2/c1-3-12(8-11(14)9-15)16-13-6-4-10(2)5-7-13/h3-9,14H,1H2,2H3/b12-8+,14-11?. The van der Waals surface area contributed by atoms with Gasteiger partial charge in [-0.1, -0.05) is 24.3 Å². The summed E-state index contributed by atoms with van der Waals surface area (Å²) >= 11 is 0. The quantitative estimate of drug-likeness (QED) is 0.355. The summed E-state index contributed by atoms with van der Waals surface area (Å²) < 4.78 is 5.43. The zero-order valence-corrected chi connectivity index (χ0v) is 9.07. The normalized spacial score (nSPS) is 10.7. The Kier molecular flexibility index (Phi) is 4.21. The van der Waals surface area contributed by atoms with Crippen LogP contribution in [0.15, 0.2) is 48.8 Å². The van der Waals surface area contributed by atoms with E-state index >= 15 is 0 Å². The second-order valence-corrected chi connectivity index (χ2v) is 3.24. The first-order valence-electron chi connectivity index (χ1n) is 4.78. The van der Waals surface area contributed by atoms with E-state index in [1.807, 2.05) is 31.2 Å². The lowest BCUT2D eigenvalue weighted by molar-refractivity contribution is -0.102. The minimum absolute atomic E-state index is 0.151. The number of aryl methyl sites for hydroxylation is 1. The Labute approximate surface area is 94.6 Å². The van der Waals surface area contributed by atoms with Crippen molar-refractivity contribution in [3.63, 3.8) is 0 Å². The van der Waals surface area contributed by atoms with Crippen LogP contribution < -0.4 is 4.74 Å². The zero-order chi connectivity index (χ0) is 12.0. The molecule has 3 nitrogen and oxygen atoms in total. The van der Waals surface area contributed by atoms with Gasteiger partial charge in [-0.25, -0.2) is 0 Å². The molecule has 16 heavy (non-hydrogen) atoms. The van der Waals surface area contributed by atoms with Crippen LogP contribution in [0.5, 0.6) is 5.75 Å². The summed E-state index contributed by atoms with van der Waals surface area (Å²) in [5.74, 6) is 1.02. The van der Waals surface area contributed by atoms with Crippen LogP contribution in [0.2, 0.25) is 0 Å². The Morgan fingerprint density at radius 3 is 2.50 bits per heavy atom. The van der Waals surface area contributed by atoms with Crippen molar-refractivity contribution in [2.45, 2.75) is 6.92 Å². The highest BCUT2D eigenvalue weighted by molar-refractivity contribution is 6.32. The van der Waals surface area contributed by atoms with Crippen molar-refractivity contribution in [2.75, 3.05) is 0 Å². The average Bonchev–Trinajstić information content (AvgIpc) is 2.30. The highest BCUT2D eigenvalue weighted by atomic mass is 16.5. The predicted octanol–water partition coefficient (Wildman–Crippen LogP) is 2.66. The van der Waals surface area contributed by atoms with Crippen LogP contribution in [0.4, 0.5) is 0 Å². The number of hydrogen-bond donors (Lipinski definition) is 1. The molecule has 3 heteroatoms. The summed E-state index contributed by atoms with van der Waals surface area (Å²) in [6.45, 7) is 5.54. The molecular weight excluding hydrogens is 202 g/mol. The molecule has 0 aliphatic heterocycles. The molecule has 0 atom stereocenters. The molecule has 0 fully saturated rings. The van der Waals surface area contributed by atoms with Gasteiger partial charge in [-0.2, -0.15) is 0 Å². The summed E-state index contributed by atoms with van der Waals surface area (Å²) in [6.07, 6.45) is 3.22. The number of rotatable bonds is 5. The smallest absolute Gasteiger partial charge is 0.167 e. The number of ether oxygens (including phenoxy) is 1. The van der Waals surface area contributed by atoms with Crippen molar-refractivity contribution < 1.29 is 9.53 Å². The second-order valence-electron chi connectivity index (χ2n) is 3.24. The summed E-state index contributed by atoms with van der Waals surface area (Å²) in [4.78, 5) is 10.3. The van der Waals surface area contributed by atoms with Crippen LogP contribution in [0.3, 0.4) is 0 Å². The van der Waals surface area contributed by atoms with E-state index in [1.165, 1.54) is 12.2 Å². The fourth-order valence-electron chi connectivity index (χ4n) is 1.06. The number of benzene rings is 1. The molecule has 0 aromatic heterocycles. The Hall–Kier alpha value is -2.16. The van der Waals surface area contributed by atoms with Crippen LogP contribution >= 0.6 is 0 Å².